The van der Waals surface area contributed by atoms with Gasteiger partial charge in [0.1, 0.15) is 0 Å². The van der Waals surface area contributed by atoms with E-state index >= 15 is 0 Å². The molecule has 5 nitrogen and oxygen atoms in total. The third-order valence-corrected chi connectivity index (χ3v) is 3.80. The first-order chi connectivity index (χ1) is 9.65. The Morgan fingerprint density at radius 3 is 2.75 bits per heavy atom. The third kappa shape index (κ3) is 3.09. The number of anilines is 1. The number of amides is 2. The summed E-state index contributed by atoms with van der Waals surface area (Å²) >= 11 is 0. The van der Waals surface area contributed by atoms with Crippen molar-refractivity contribution in [1.82, 2.24) is 4.90 Å². The molecular formula is C15H20N4O. The lowest BCUT2D eigenvalue weighted by Crippen LogP contribution is -2.53. The number of urea groups is 1. The van der Waals surface area contributed by atoms with Gasteiger partial charge >= 0.3 is 6.03 Å². The zero-order valence-electron chi connectivity index (χ0n) is 11.7. The fourth-order valence-corrected chi connectivity index (χ4v) is 2.70. The first kappa shape index (κ1) is 14.4. The fraction of sp³-hybridized carbons (Fsp3) is 0.467. The molecule has 3 N–H and O–H groups in total. The van der Waals surface area contributed by atoms with Crippen LogP contribution in [0.5, 0.6) is 0 Å². The summed E-state index contributed by atoms with van der Waals surface area (Å²) in [5.74, 6) is 0. The molecule has 1 aromatic rings. The Labute approximate surface area is 119 Å². The number of likely N-dealkylation sites (tertiary alicyclic amines) is 1. The quantitative estimate of drug-likeness (QED) is 0.866. The van der Waals surface area contributed by atoms with Crippen molar-refractivity contribution in [1.29, 1.82) is 5.26 Å². The highest BCUT2D eigenvalue weighted by Crippen LogP contribution is 2.23. The van der Waals surface area contributed by atoms with Gasteiger partial charge in [0.25, 0.3) is 0 Å². The molecule has 0 spiro atoms. The first-order valence-corrected chi connectivity index (χ1v) is 6.95. The Kier molecular flexibility index (Phi) is 4.59. The largest absolute Gasteiger partial charge is 0.328 e. The number of nitrogens with two attached hydrogens (primary N) is 1. The summed E-state index contributed by atoms with van der Waals surface area (Å²) in [6, 6.07) is 9.11. The molecule has 20 heavy (non-hydrogen) atoms. The third-order valence-electron chi connectivity index (χ3n) is 3.80. The predicted molar refractivity (Wildman–Crippen MR) is 78.2 cm³/mol. The summed E-state index contributed by atoms with van der Waals surface area (Å²) in [7, 11) is 0. The van der Waals surface area contributed by atoms with Gasteiger partial charge < -0.3 is 16.0 Å². The minimum Gasteiger partial charge on any atom is -0.328 e. The smallest absolute Gasteiger partial charge is 0.322 e. The van der Waals surface area contributed by atoms with Gasteiger partial charge in [-0.15, -0.1) is 0 Å². The molecule has 0 radical (unpaired) electrons. The van der Waals surface area contributed by atoms with E-state index in [2.05, 4.69) is 18.3 Å². The minimum atomic E-state index is -0.114. The second-order valence-electron chi connectivity index (χ2n) is 5.20. The van der Waals surface area contributed by atoms with Crippen LogP contribution in [0.3, 0.4) is 0 Å². The van der Waals surface area contributed by atoms with Gasteiger partial charge in [-0.25, -0.2) is 4.79 Å². The Balaban J connectivity index is 2.07. The van der Waals surface area contributed by atoms with Crippen molar-refractivity contribution in [2.24, 2.45) is 5.73 Å². The number of rotatable bonds is 2. The molecular weight excluding hydrogens is 252 g/mol. The van der Waals surface area contributed by atoms with Crippen molar-refractivity contribution in [3.63, 3.8) is 0 Å². The summed E-state index contributed by atoms with van der Waals surface area (Å²) in [6.07, 6.45) is 3.09. The number of hydrogen-bond donors (Lipinski definition) is 2. The zero-order chi connectivity index (χ0) is 14.5. The second-order valence-corrected chi connectivity index (χ2v) is 5.20. The monoisotopic (exact) mass is 272 g/mol. The molecule has 0 aliphatic carbocycles. The molecule has 1 aliphatic rings. The van der Waals surface area contributed by atoms with Crippen LogP contribution < -0.4 is 11.1 Å². The topological polar surface area (TPSA) is 82.2 Å². The highest BCUT2D eigenvalue weighted by atomic mass is 16.2. The van der Waals surface area contributed by atoms with Crippen molar-refractivity contribution in [3.8, 4) is 6.07 Å². The summed E-state index contributed by atoms with van der Waals surface area (Å²) in [6.45, 7) is 2.55. The molecule has 1 heterocycles. The van der Waals surface area contributed by atoms with Crippen LogP contribution in [0.4, 0.5) is 10.5 Å². The van der Waals surface area contributed by atoms with Gasteiger partial charge in [-0.1, -0.05) is 0 Å². The molecule has 0 aromatic heterocycles. The minimum absolute atomic E-state index is 0.108. The lowest BCUT2D eigenvalue weighted by molar-refractivity contribution is 0.128. The number of carbonyl (C=O) groups is 1. The maximum atomic E-state index is 12.4. The molecule has 1 aromatic carbocycles. The summed E-state index contributed by atoms with van der Waals surface area (Å²) in [4.78, 5) is 14.2. The van der Waals surface area contributed by atoms with Crippen LogP contribution in [-0.4, -0.2) is 29.6 Å². The van der Waals surface area contributed by atoms with Gasteiger partial charge in [-0.2, -0.15) is 5.26 Å². The molecule has 0 bridgehead atoms. The van der Waals surface area contributed by atoms with Crippen molar-refractivity contribution in [2.45, 2.75) is 38.3 Å². The lowest BCUT2D eigenvalue weighted by Gasteiger charge is -2.40. The van der Waals surface area contributed by atoms with E-state index in [1.165, 1.54) is 0 Å². The van der Waals surface area contributed by atoms with E-state index in [-0.39, 0.29) is 18.1 Å². The number of piperidine rings is 1. The van der Waals surface area contributed by atoms with Crippen molar-refractivity contribution < 1.29 is 4.79 Å². The molecule has 1 aliphatic heterocycles. The summed E-state index contributed by atoms with van der Waals surface area (Å²) in [5, 5.41) is 11.6. The maximum absolute atomic E-state index is 12.4. The van der Waals surface area contributed by atoms with Crippen LogP contribution in [-0.2, 0) is 0 Å². The molecule has 1 fully saturated rings. The zero-order valence-corrected chi connectivity index (χ0v) is 11.7. The number of hydrogen-bond acceptors (Lipinski definition) is 3. The molecule has 2 rings (SSSR count). The number of carbonyl (C=O) groups excluding carboxylic acids is 1. The highest BCUT2D eigenvalue weighted by Gasteiger charge is 2.30. The Hall–Kier alpha value is -2.06. The van der Waals surface area contributed by atoms with E-state index in [4.69, 9.17) is 11.0 Å². The lowest BCUT2D eigenvalue weighted by atomic mass is 9.97. The van der Waals surface area contributed by atoms with Crippen LogP contribution in [0.1, 0.15) is 31.7 Å². The summed E-state index contributed by atoms with van der Waals surface area (Å²) in [5.41, 5.74) is 7.04. The van der Waals surface area contributed by atoms with Crippen LogP contribution in [0.25, 0.3) is 0 Å². The standard InChI is InChI=1S/C15H20N4O/c1-11-3-2-4-14(10-17)19(11)15(20)18-13-7-5-12(9-16)6-8-13/h5-8,11,14H,2-4,10,17H2,1H3,(H,18,20). The van der Waals surface area contributed by atoms with Crippen LogP contribution in [0, 0.1) is 11.3 Å². The van der Waals surface area contributed by atoms with E-state index in [0.29, 0.717) is 17.8 Å². The molecule has 5 heteroatoms. The van der Waals surface area contributed by atoms with Gasteiger partial charge in [0.15, 0.2) is 0 Å². The fourth-order valence-electron chi connectivity index (χ4n) is 2.70. The molecule has 0 saturated carbocycles. The molecule has 2 unspecified atom stereocenters. The van der Waals surface area contributed by atoms with Gasteiger partial charge in [0.05, 0.1) is 11.6 Å². The van der Waals surface area contributed by atoms with Crippen LogP contribution in [0.2, 0.25) is 0 Å². The first-order valence-electron chi connectivity index (χ1n) is 6.95. The van der Waals surface area contributed by atoms with E-state index in [1.807, 2.05) is 4.90 Å². The average Bonchev–Trinajstić information content (AvgIpc) is 2.47. The van der Waals surface area contributed by atoms with Gasteiger partial charge in [-0.05, 0) is 50.5 Å². The van der Waals surface area contributed by atoms with Crippen molar-refractivity contribution in [3.05, 3.63) is 29.8 Å². The normalized spacial score (nSPS) is 22.1. The number of nitrogens with zero attached hydrogens (tertiary/aromatic N) is 2. The number of nitriles is 1. The average molecular weight is 272 g/mol. The molecule has 2 atom stereocenters. The number of nitrogens with one attached hydrogen (secondary N) is 1. The highest BCUT2D eigenvalue weighted by molar-refractivity contribution is 5.89. The maximum Gasteiger partial charge on any atom is 0.322 e. The van der Waals surface area contributed by atoms with Crippen LogP contribution in [0.15, 0.2) is 24.3 Å². The van der Waals surface area contributed by atoms with E-state index in [0.717, 1.165) is 19.3 Å². The van der Waals surface area contributed by atoms with E-state index < -0.39 is 0 Å². The summed E-state index contributed by atoms with van der Waals surface area (Å²) < 4.78 is 0. The van der Waals surface area contributed by atoms with E-state index in [1.54, 1.807) is 24.3 Å². The van der Waals surface area contributed by atoms with Gasteiger partial charge in [0, 0.05) is 24.3 Å². The Morgan fingerprint density at radius 1 is 1.45 bits per heavy atom. The van der Waals surface area contributed by atoms with Crippen molar-refractivity contribution >= 4 is 11.7 Å². The van der Waals surface area contributed by atoms with Gasteiger partial charge in [-0.3, -0.25) is 0 Å². The van der Waals surface area contributed by atoms with Crippen molar-refractivity contribution in [2.75, 3.05) is 11.9 Å². The molecule has 1 saturated heterocycles. The molecule has 106 valence electrons. The predicted octanol–water partition coefficient (Wildman–Crippen LogP) is 2.29. The van der Waals surface area contributed by atoms with Crippen LogP contribution >= 0.6 is 0 Å². The SMILES string of the molecule is CC1CCCC(CN)N1C(=O)Nc1ccc(C#N)cc1. The van der Waals surface area contributed by atoms with Gasteiger partial charge in [0.2, 0.25) is 0 Å². The number of benzene rings is 1. The molecule has 2 amide bonds. The Bertz CT molecular complexity index is 506. The van der Waals surface area contributed by atoms with E-state index in [9.17, 15) is 4.79 Å². The Morgan fingerprint density at radius 2 is 2.15 bits per heavy atom. The second kappa shape index (κ2) is 6.40.